The number of benzene rings is 1. The molecular weight excluding hydrogens is 354 g/mol. The Morgan fingerprint density at radius 3 is 2.96 bits per heavy atom. The van der Waals surface area contributed by atoms with Gasteiger partial charge in [-0.1, -0.05) is 23.4 Å². The van der Waals surface area contributed by atoms with Gasteiger partial charge in [-0.3, -0.25) is 9.20 Å². The van der Waals surface area contributed by atoms with Crippen molar-refractivity contribution in [1.82, 2.24) is 19.6 Å². The lowest BCUT2D eigenvalue weighted by Crippen LogP contribution is -2.14. The average Bonchev–Trinajstić information content (AvgIpc) is 3.22. The van der Waals surface area contributed by atoms with E-state index < -0.39 is 0 Å². The zero-order valence-electron chi connectivity index (χ0n) is 13.7. The summed E-state index contributed by atoms with van der Waals surface area (Å²) in [6.45, 7) is 4.10. The summed E-state index contributed by atoms with van der Waals surface area (Å²) in [6, 6.07) is 8.41. The largest absolute Gasteiger partial charge is 0.301 e. The van der Waals surface area contributed by atoms with Crippen molar-refractivity contribution in [3.63, 3.8) is 0 Å². The lowest BCUT2D eigenvalue weighted by Gasteiger charge is -2.07. The van der Waals surface area contributed by atoms with Crippen LogP contribution in [0.4, 0.5) is 5.13 Å². The maximum Gasteiger partial charge on any atom is 0.236 e. The number of nitrogens with one attached hydrogen (secondary N) is 1. The highest BCUT2D eigenvalue weighted by Crippen LogP contribution is 2.26. The highest BCUT2D eigenvalue weighted by molar-refractivity contribution is 7.99. The molecule has 0 radical (unpaired) electrons. The molecule has 4 rings (SSSR count). The fraction of sp³-hybridized carbons (Fsp3) is 0.176. The molecule has 0 spiro atoms. The number of fused-ring (bicyclic) bond motifs is 3. The number of carbonyl (C=O) groups is 1. The first kappa shape index (κ1) is 16.0. The van der Waals surface area contributed by atoms with Crippen molar-refractivity contribution >= 4 is 50.7 Å². The Morgan fingerprint density at radius 1 is 1.28 bits per heavy atom. The minimum atomic E-state index is -0.107. The van der Waals surface area contributed by atoms with Crippen LogP contribution in [0.3, 0.4) is 0 Å². The fourth-order valence-electron chi connectivity index (χ4n) is 2.70. The molecule has 0 saturated heterocycles. The standard InChI is InChI=1S/C17H15N5OS2/c1-10-3-4-13-12(7-10)8-11(2)15-20-21-17(22(13)15)25-9-14(23)19-16-18-5-6-24-16/h3-8H,9H2,1-2H3,(H,18,19,23). The number of carbonyl (C=O) groups excluding carboxylic acids is 1. The molecule has 126 valence electrons. The summed E-state index contributed by atoms with van der Waals surface area (Å²) in [7, 11) is 0. The van der Waals surface area contributed by atoms with E-state index >= 15 is 0 Å². The number of nitrogens with zero attached hydrogens (tertiary/aromatic N) is 4. The van der Waals surface area contributed by atoms with Gasteiger partial charge in [0.25, 0.3) is 0 Å². The minimum Gasteiger partial charge on any atom is -0.301 e. The topological polar surface area (TPSA) is 72.2 Å². The fourth-order valence-corrected chi connectivity index (χ4v) is 3.99. The molecule has 0 atom stereocenters. The summed E-state index contributed by atoms with van der Waals surface area (Å²) in [4.78, 5) is 16.2. The molecule has 6 nitrogen and oxygen atoms in total. The number of pyridine rings is 1. The van der Waals surface area contributed by atoms with E-state index in [9.17, 15) is 4.79 Å². The van der Waals surface area contributed by atoms with Crippen molar-refractivity contribution < 1.29 is 4.79 Å². The van der Waals surface area contributed by atoms with Gasteiger partial charge in [0.2, 0.25) is 5.91 Å². The molecule has 0 bridgehead atoms. The molecule has 3 heterocycles. The minimum absolute atomic E-state index is 0.107. The number of anilines is 1. The molecule has 0 aliphatic heterocycles. The Hall–Kier alpha value is -2.45. The van der Waals surface area contributed by atoms with E-state index in [0.29, 0.717) is 10.3 Å². The second kappa shape index (κ2) is 6.45. The Balaban J connectivity index is 1.65. The lowest BCUT2D eigenvalue weighted by molar-refractivity contribution is -0.113. The van der Waals surface area contributed by atoms with Crippen LogP contribution in [-0.2, 0) is 4.79 Å². The summed E-state index contributed by atoms with van der Waals surface area (Å²) in [6.07, 6.45) is 1.66. The third kappa shape index (κ3) is 3.10. The summed E-state index contributed by atoms with van der Waals surface area (Å²) >= 11 is 2.77. The zero-order valence-corrected chi connectivity index (χ0v) is 15.3. The van der Waals surface area contributed by atoms with Crippen molar-refractivity contribution in [2.75, 3.05) is 11.1 Å². The molecule has 0 aliphatic carbocycles. The van der Waals surface area contributed by atoms with Crippen LogP contribution in [0.25, 0.3) is 16.6 Å². The third-order valence-electron chi connectivity index (χ3n) is 3.79. The molecule has 0 unspecified atom stereocenters. The van der Waals surface area contributed by atoms with Crippen molar-refractivity contribution in [3.05, 3.63) is 47.0 Å². The van der Waals surface area contributed by atoms with E-state index in [1.807, 2.05) is 16.7 Å². The predicted octanol–water partition coefficient (Wildman–Crippen LogP) is 3.69. The van der Waals surface area contributed by atoms with E-state index in [-0.39, 0.29) is 11.7 Å². The van der Waals surface area contributed by atoms with Crippen molar-refractivity contribution in [3.8, 4) is 0 Å². The number of rotatable bonds is 4. The second-order valence-electron chi connectivity index (χ2n) is 5.71. The molecule has 4 aromatic rings. The van der Waals surface area contributed by atoms with Crippen molar-refractivity contribution in [2.24, 2.45) is 0 Å². The number of hydrogen-bond donors (Lipinski definition) is 1. The van der Waals surface area contributed by atoms with E-state index in [1.165, 1.54) is 28.7 Å². The van der Waals surface area contributed by atoms with Crippen LogP contribution in [0.15, 0.2) is 41.0 Å². The monoisotopic (exact) mass is 369 g/mol. The lowest BCUT2D eigenvalue weighted by atomic mass is 10.1. The number of aromatic nitrogens is 4. The normalized spacial score (nSPS) is 11.3. The van der Waals surface area contributed by atoms with Gasteiger partial charge in [-0.05, 0) is 43.0 Å². The molecule has 8 heteroatoms. The Kier molecular flexibility index (Phi) is 4.14. The summed E-state index contributed by atoms with van der Waals surface area (Å²) < 4.78 is 2.02. The van der Waals surface area contributed by atoms with Crippen LogP contribution in [0.1, 0.15) is 11.1 Å². The van der Waals surface area contributed by atoms with E-state index in [0.717, 1.165) is 22.1 Å². The molecular formula is C17H15N5OS2. The maximum absolute atomic E-state index is 12.1. The molecule has 0 fully saturated rings. The van der Waals surface area contributed by atoms with Gasteiger partial charge in [0.1, 0.15) is 0 Å². The maximum atomic E-state index is 12.1. The Morgan fingerprint density at radius 2 is 2.16 bits per heavy atom. The van der Waals surface area contributed by atoms with Crippen molar-refractivity contribution in [2.45, 2.75) is 19.0 Å². The summed E-state index contributed by atoms with van der Waals surface area (Å²) in [5, 5.41) is 15.6. The molecule has 1 N–H and O–H groups in total. The summed E-state index contributed by atoms with van der Waals surface area (Å²) in [5.41, 5.74) is 4.12. The average molecular weight is 369 g/mol. The third-order valence-corrected chi connectivity index (χ3v) is 5.41. The molecule has 25 heavy (non-hydrogen) atoms. The first-order chi connectivity index (χ1) is 12.1. The van der Waals surface area contributed by atoms with Crippen LogP contribution < -0.4 is 5.32 Å². The molecule has 1 amide bonds. The highest BCUT2D eigenvalue weighted by Gasteiger charge is 2.14. The van der Waals surface area contributed by atoms with Gasteiger partial charge in [0.05, 0.1) is 11.3 Å². The Labute approximate surface area is 152 Å². The molecule has 1 aromatic carbocycles. The second-order valence-corrected chi connectivity index (χ2v) is 7.54. The number of hydrogen-bond acceptors (Lipinski definition) is 6. The van der Waals surface area contributed by atoms with Crippen LogP contribution in [-0.4, -0.2) is 31.2 Å². The van der Waals surface area contributed by atoms with Gasteiger partial charge in [0, 0.05) is 11.6 Å². The number of thiazole rings is 1. The van der Waals surface area contributed by atoms with E-state index in [1.54, 1.807) is 6.20 Å². The number of thioether (sulfide) groups is 1. The number of amides is 1. The van der Waals surface area contributed by atoms with Gasteiger partial charge in [0.15, 0.2) is 15.9 Å². The van der Waals surface area contributed by atoms with Gasteiger partial charge in [-0.25, -0.2) is 4.98 Å². The predicted molar refractivity (Wildman–Crippen MR) is 101 cm³/mol. The van der Waals surface area contributed by atoms with E-state index in [4.69, 9.17) is 0 Å². The van der Waals surface area contributed by atoms with Gasteiger partial charge in [-0.2, -0.15) is 0 Å². The van der Waals surface area contributed by atoms with Gasteiger partial charge < -0.3 is 5.32 Å². The van der Waals surface area contributed by atoms with E-state index in [2.05, 4.69) is 51.7 Å². The SMILES string of the molecule is Cc1ccc2c(c1)cc(C)c1nnc(SCC(=O)Nc3nccs3)n12. The first-order valence-electron chi connectivity index (χ1n) is 7.69. The first-order valence-corrected chi connectivity index (χ1v) is 9.55. The van der Waals surface area contributed by atoms with Crippen LogP contribution >= 0.6 is 23.1 Å². The number of aryl methyl sites for hydroxylation is 2. The Bertz CT molecular complexity index is 1070. The summed E-state index contributed by atoms with van der Waals surface area (Å²) in [5.74, 6) is 0.145. The molecule has 0 saturated carbocycles. The van der Waals surface area contributed by atoms with Crippen LogP contribution in [0.2, 0.25) is 0 Å². The zero-order chi connectivity index (χ0) is 17.4. The van der Waals surface area contributed by atoms with Crippen molar-refractivity contribution in [1.29, 1.82) is 0 Å². The van der Waals surface area contributed by atoms with Gasteiger partial charge in [-0.15, -0.1) is 21.5 Å². The smallest absolute Gasteiger partial charge is 0.236 e. The highest BCUT2D eigenvalue weighted by atomic mass is 32.2. The van der Waals surface area contributed by atoms with Gasteiger partial charge >= 0.3 is 0 Å². The van der Waals surface area contributed by atoms with Crippen LogP contribution in [0.5, 0.6) is 0 Å². The molecule has 3 aromatic heterocycles. The quantitative estimate of drug-likeness (QED) is 0.556. The molecule has 0 aliphatic rings. The van der Waals surface area contributed by atoms with Crippen LogP contribution in [0, 0.1) is 13.8 Å².